The molecule has 30 heavy (non-hydrogen) atoms. The number of rotatable bonds is 2. The van der Waals surface area contributed by atoms with Gasteiger partial charge in [-0.2, -0.15) is 0 Å². The number of aromatic nitrogens is 1. The van der Waals surface area contributed by atoms with Crippen LogP contribution in [0.5, 0.6) is 0 Å². The predicted molar refractivity (Wildman–Crippen MR) is 117 cm³/mol. The molecule has 2 aromatic carbocycles. The molecule has 1 saturated heterocycles. The lowest BCUT2D eigenvalue weighted by Gasteiger charge is -2.34. The minimum absolute atomic E-state index is 0.170. The molecule has 4 N–H and O–H groups in total. The summed E-state index contributed by atoms with van der Waals surface area (Å²) >= 11 is 0. The van der Waals surface area contributed by atoms with E-state index in [-0.39, 0.29) is 17.9 Å². The third kappa shape index (κ3) is 3.61. The number of fused-ring (bicyclic) bond motifs is 2. The number of nitrogens with two attached hydrogens (primary N) is 1. The highest BCUT2D eigenvalue weighted by molar-refractivity contribution is 6.01. The second kappa shape index (κ2) is 7.65. The number of hydrogen-bond donors (Lipinski definition) is 3. The van der Waals surface area contributed by atoms with Crippen molar-refractivity contribution in [2.24, 2.45) is 5.73 Å². The lowest BCUT2D eigenvalue weighted by Crippen LogP contribution is -2.43. The van der Waals surface area contributed by atoms with Gasteiger partial charge in [-0.1, -0.05) is 6.07 Å². The van der Waals surface area contributed by atoms with Crippen molar-refractivity contribution in [1.82, 2.24) is 9.88 Å². The van der Waals surface area contributed by atoms with Gasteiger partial charge in [-0.05, 0) is 60.7 Å². The number of benzene rings is 2. The Morgan fingerprint density at radius 3 is 2.93 bits per heavy atom. The smallest absolute Gasteiger partial charge is 0.322 e. The van der Waals surface area contributed by atoms with Gasteiger partial charge in [-0.15, -0.1) is 0 Å². The fraction of sp³-hybridized carbons (Fsp3) is 0.348. The number of hydrogen-bond acceptors (Lipinski definition) is 3. The highest BCUT2D eigenvalue weighted by Crippen LogP contribution is 2.28. The molecular weight excluding hydrogens is 381 g/mol. The summed E-state index contributed by atoms with van der Waals surface area (Å²) in [5.41, 5.74) is 11.2. The van der Waals surface area contributed by atoms with Crippen LogP contribution in [0.25, 0.3) is 10.9 Å². The zero-order valence-corrected chi connectivity index (χ0v) is 16.8. The molecule has 0 aliphatic carbocycles. The van der Waals surface area contributed by atoms with Gasteiger partial charge in [-0.25, -0.2) is 9.18 Å². The van der Waals surface area contributed by atoms with Crippen LogP contribution >= 0.6 is 0 Å². The maximum Gasteiger partial charge on any atom is 0.322 e. The first kappa shape index (κ1) is 18.9. The van der Waals surface area contributed by atoms with E-state index >= 15 is 0 Å². The summed E-state index contributed by atoms with van der Waals surface area (Å²) in [6.45, 7) is 3.17. The van der Waals surface area contributed by atoms with Crippen molar-refractivity contribution in [1.29, 1.82) is 0 Å². The number of nitrogens with zero attached hydrogens (tertiary/aromatic N) is 2. The average Bonchev–Trinajstić information content (AvgIpc) is 3.14. The van der Waals surface area contributed by atoms with Crippen LogP contribution < -0.4 is 16.0 Å². The quantitative estimate of drug-likeness (QED) is 0.604. The molecule has 0 spiro atoms. The van der Waals surface area contributed by atoms with Gasteiger partial charge >= 0.3 is 6.03 Å². The largest absolute Gasteiger partial charge is 0.370 e. The zero-order chi connectivity index (χ0) is 20.7. The Hall–Kier alpha value is -3.06. The van der Waals surface area contributed by atoms with Gasteiger partial charge in [0.25, 0.3) is 0 Å². The standard InChI is InChI=1S/C23H26FN5O/c24-17-4-6-21-20(11-17)22(12-26-21)27-23(30)29-9-7-15-10-19(5-3-16(15)13-29)28-8-1-2-18(25)14-28/h3-6,10-12,18,26H,1-2,7-9,13-14,25H2,(H,27,30). The minimum Gasteiger partial charge on any atom is -0.370 e. The van der Waals surface area contributed by atoms with Gasteiger partial charge in [0.05, 0.1) is 5.69 Å². The van der Waals surface area contributed by atoms with E-state index in [0.717, 1.165) is 37.9 Å². The number of carbonyl (C=O) groups excluding carboxylic acids is 1. The van der Waals surface area contributed by atoms with E-state index in [0.29, 0.717) is 24.2 Å². The molecule has 1 fully saturated rings. The van der Waals surface area contributed by atoms with Crippen LogP contribution in [-0.4, -0.2) is 41.6 Å². The van der Waals surface area contributed by atoms with Crippen LogP contribution in [0.4, 0.5) is 20.6 Å². The van der Waals surface area contributed by atoms with E-state index in [1.165, 1.54) is 28.9 Å². The Morgan fingerprint density at radius 1 is 1.17 bits per heavy atom. The van der Waals surface area contributed by atoms with Crippen LogP contribution in [0.3, 0.4) is 0 Å². The van der Waals surface area contributed by atoms with Crippen molar-refractivity contribution in [3.63, 3.8) is 0 Å². The number of H-pyrrole nitrogens is 1. The second-order valence-corrected chi connectivity index (χ2v) is 8.30. The molecular formula is C23H26FN5O. The highest BCUT2D eigenvalue weighted by Gasteiger charge is 2.23. The Bertz CT molecular complexity index is 1090. The van der Waals surface area contributed by atoms with Gasteiger partial charge in [0.15, 0.2) is 0 Å². The minimum atomic E-state index is -0.324. The number of anilines is 2. The first-order chi connectivity index (χ1) is 14.6. The van der Waals surface area contributed by atoms with Crippen LogP contribution in [-0.2, 0) is 13.0 Å². The van der Waals surface area contributed by atoms with E-state index in [1.54, 1.807) is 17.2 Å². The molecule has 3 heterocycles. The average molecular weight is 407 g/mol. The van der Waals surface area contributed by atoms with Crippen LogP contribution in [0.15, 0.2) is 42.6 Å². The van der Waals surface area contributed by atoms with Crippen molar-refractivity contribution in [3.8, 4) is 0 Å². The number of halogens is 1. The number of carbonyl (C=O) groups is 1. The maximum atomic E-state index is 13.6. The van der Waals surface area contributed by atoms with E-state index in [1.807, 2.05) is 0 Å². The molecule has 5 rings (SSSR count). The summed E-state index contributed by atoms with van der Waals surface area (Å²) in [5, 5.41) is 3.60. The third-order valence-electron chi connectivity index (χ3n) is 6.20. The lowest BCUT2D eigenvalue weighted by atomic mass is 9.98. The summed E-state index contributed by atoms with van der Waals surface area (Å²) in [6, 6.07) is 11.1. The number of amides is 2. The Labute approximate surface area is 174 Å². The molecule has 7 heteroatoms. The molecule has 1 aromatic heterocycles. The number of urea groups is 1. The molecule has 0 saturated carbocycles. The number of aromatic amines is 1. The molecule has 2 aliphatic rings. The molecule has 1 unspecified atom stereocenters. The van der Waals surface area contributed by atoms with Crippen molar-refractivity contribution in [2.45, 2.75) is 31.8 Å². The van der Waals surface area contributed by atoms with Crippen molar-refractivity contribution >= 4 is 28.3 Å². The highest BCUT2D eigenvalue weighted by atomic mass is 19.1. The van der Waals surface area contributed by atoms with Gasteiger partial charge in [0.1, 0.15) is 5.82 Å². The predicted octanol–water partition coefficient (Wildman–Crippen LogP) is 3.82. The van der Waals surface area contributed by atoms with E-state index < -0.39 is 0 Å². The Morgan fingerprint density at radius 2 is 2.07 bits per heavy atom. The first-order valence-electron chi connectivity index (χ1n) is 10.5. The summed E-state index contributed by atoms with van der Waals surface area (Å²) in [5.74, 6) is -0.324. The normalized spacial score (nSPS) is 19.1. The molecule has 156 valence electrons. The van der Waals surface area contributed by atoms with E-state index in [2.05, 4.69) is 33.4 Å². The van der Waals surface area contributed by atoms with E-state index in [4.69, 9.17) is 5.73 Å². The molecule has 1 atom stereocenters. The molecule has 3 aromatic rings. The second-order valence-electron chi connectivity index (χ2n) is 8.30. The topological polar surface area (TPSA) is 77.4 Å². The maximum absolute atomic E-state index is 13.6. The molecule has 2 aliphatic heterocycles. The number of piperidine rings is 1. The third-order valence-corrected chi connectivity index (χ3v) is 6.20. The summed E-state index contributed by atoms with van der Waals surface area (Å²) in [7, 11) is 0. The lowest BCUT2D eigenvalue weighted by molar-refractivity contribution is 0.206. The summed E-state index contributed by atoms with van der Waals surface area (Å²) < 4.78 is 13.6. The van der Waals surface area contributed by atoms with Gasteiger partial charge in [-0.3, -0.25) is 0 Å². The SMILES string of the molecule is NC1CCCN(c2ccc3c(c2)CCN(C(=O)Nc2c[nH]c4ccc(F)cc24)C3)C1. The summed E-state index contributed by atoms with van der Waals surface area (Å²) in [4.78, 5) is 20.1. The summed E-state index contributed by atoms with van der Waals surface area (Å²) in [6.07, 6.45) is 4.74. The van der Waals surface area contributed by atoms with Gasteiger partial charge in [0.2, 0.25) is 0 Å². The van der Waals surface area contributed by atoms with Crippen molar-refractivity contribution in [2.75, 3.05) is 29.9 Å². The van der Waals surface area contributed by atoms with Crippen LogP contribution in [0, 0.1) is 5.82 Å². The Kier molecular flexibility index (Phi) is 4.83. The fourth-order valence-corrected chi connectivity index (χ4v) is 4.54. The van der Waals surface area contributed by atoms with Crippen LogP contribution in [0.2, 0.25) is 0 Å². The van der Waals surface area contributed by atoms with Crippen molar-refractivity contribution < 1.29 is 9.18 Å². The molecule has 2 amide bonds. The fourth-order valence-electron chi connectivity index (χ4n) is 4.54. The van der Waals surface area contributed by atoms with Crippen molar-refractivity contribution in [3.05, 3.63) is 59.5 Å². The first-order valence-corrected chi connectivity index (χ1v) is 10.5. The molecule has 0 radical (unpaired) electrons. The van der Waals surface area contributed by atoms with Crippen LogP contribution in [0.1, 0.15) is 24.0 Å². The van der Waals surface area contributed by atoms with Gasteiger partial charge < -0.3 is 25.8 Å². The van der Waals surface area contributed by atoms with Gasteiger partial charge in [0, 0.05) is 55.0 Å². The number of nitrogens with one attached hydrogen (secondary N) is 2. The van der Waals surface area contributed by atoms with E-state index in [9.17, 15) is 9.18 Å². The molecule has 0 bridgehead atoms. The Balaban J connectivity index is 1.29. The molecule has 6 nitrogen and oxygen atoms in total. The zero-order valence-electron chi connectivity index (χ0n) is 16.8. The monoisotopic (exact) mass is 407 g/mol.